The number of nitrogens with one attached hydrogen (secondary N) is 1. The summed E-state index contributed by atoms with van der Waals surface area (Å²) in [6.07, 6.45) is 0. The molecule has 3 nitrogen and oxygen atoms in total. The minimum atomic E-state index is -0.152. The van der Waals surface area contributed by atoms with E-state index < -0.39 is 0 Å². The summed E-state index contributed by atoms with van der Waals surface area (Å²) in [6, 6.07) is 68.5. The van der Waals surface area contributed by atoms with Gasteiger partial charge in [0, 0.05) is 59.2 Å². The van der Waals surface area contributed by atoms with Crippen LogP contribution in [0.2, 0.25) is 0 Å². The Hall–Kier alpha value is -7.27. The molecule has 2 heterocycles. The molecule has 0 amide bonds. The second kappa shape index (κ2) is 13.4. The van der Waals surface area contributed by atoms with Crippen molar-refractivity contribution in [1.29, 1.82) is 0 Å². The molecule has 278 valence electrons. The topological polar surface area (TPSA) is 29.3 Å². The van der Waals surface area contributed by atoms with Gasteiger partial charge >= 0.3 is 0 Å². The Kier molecular flexibility index (Phi) is 7.69. The summed E-state index contributed by atoms with van der Waals surface area (Å²) in [5.74, 6) is 0. The largest absolute Gasteiger partial charge is 0.374 e. The smallest absolute Gasteiger partial charge is 0.0938 e. The van der Waals surface area contributed by atoms with Crippen molar-refractivity contribution in [2.45, 2.75) is 12.6 Å². The molecule has 0 saturated heterocycles. The van der Waals surface area contributed by atoms with Crippen molar-refractivity contribution in [3.63, 3.8) is 0 Å². The van der Waals surface area contributed by atoms with Crippen LogP contribution >= 0.6 is 11.3 Å². The summed E-state index contributed by atoms with van der Waals surface area (Å²) in [5.41, 5.74) is 7.92. The fourth-order valence-corrected chi connectivity index (χ4v) is 11.0. The highest BCUT2D eigenvalue weighted by atomic mass is 32.1. The molecule has 1 N–H and O–H groups in total. The van der Waals surface area contributed by atoms with E-state index in [1.165, 1.54) is 91.0 Å². The zero-order valence-corrected chi connectivity index (χ0v) is 33.0. The van der Waals surface area contributed by atoms with Gasteiger partial charge < -0.3 is 9.88 Å². The molecule has 0 spiro atoms. The molecule has 2 aromatic heterocycles. The van der Waals surface area contributed by atoms with Crippen LogP contribution in [0.4, 0.5) is 11.4 Å². The summed E-state index contributed by atoms with van der Waals surface area (Å²) in [7, 11) is 0. The summed E-state index contributed by atoms with van der Waals surface area (Å²) in [5, 5.41) is 19.1. The highest BCUT2D eigenvalue weighted by molar-refractivity contribution is 7.27. The quantitative estimate of drug-likeness (QED) is 0.127. The lowest BCUT2D eigenvalue weighted by Gasteiger charge is -2.26. The van der Waals surface area contributed by atoms with Crippen molar-refractivity contribution in [2.24, 2.45) is 4.99 Å². The molecule has 12 rings (SSSR count). The van der Waals surface area contributed by atoms with Crippen molar-refractivity contribution in [1.82, 2.24) is 4.57 Å². The standard InChI is InChI=1S/C55H37N3S/c1-56-52-43-24-11-9-22-41(43)42-23-10-12-25-44(42)53(52)57-47(38-19-13-18-37(32-38)34-14-3-2-4-15-34)33-58-48-30-31-49-51(46-29-27-36-17-6-8-21-40(36)55(46)59-49)50(48)45-28-26-35-16-5-7-20-39(35)54(45)58/h2-32,47,57H,1,33H2. The lowest BCUT2D eigenvalue weighted by Crippen LogP contribution is -2.18. The number of hydrogen-bond donors (Lipinski definition) is 1. The average molecular weight is 772 g/mol. The predicted octanol–water partition coefficient (Wildman–Crippen LogP) is 15.6. The normalized spacial score (nSPS) is 12.5. The molecule has 1 unspecified atom stereocenters. The van der Waals surface area contributed by atoms with Crippen LogP contribution in [-0.4, -0.2) is 11.3 Å². The van der Waals surface area contributed by atoms with Crippen molar-refractivity contribution < 1.29 is 0 Å². The third-order valence-corrected chi connectivity index (χ3v) is 13.6. The first-order chi connectivity index (χ1) is 29.2. The van der Waals surface area contributed by atoms with E-state index in [4.69, 9.17) is 4.99 Å². The average Bonchev–Trinajstić information content (AvgIpc) is 3.85. The molecule has 59 heavy (non-hydrogen) atoms. The van der Waals surface area contributed by atoms with E-state index in [0.717, 1.165) is 22.1 Å². The first-order valence-electron chi connectivity index (χ1n) is 20.2. The van der Waals surface area contributed by atoms with Gasteiger partial charge in [-0.2, -0.15) is 0 Å². The van der Waals surface area contributed by atoms with E-state index in [2.05, 4.69) is 205 Å². The molecule has 0 saturated carbocycles. The maximum Gasteiger partial charge on any atom is 0.0938 e. The first kappa shape index (κ1) is 33.8. The minimum Gasteiger partial charge on any atom is -0.374 e. The predicted molar refractivity (Wildman–Crippen MR) is 256 cm³/mol. The van der Waals surface area contributed by atoms with Crippen LogP contribution in [0.3, 0.4) is 0 Å². The monoisotopic (exact) mass is 771 g/mol. The molecule has 0 aliphatic carbocycles. The van der Waals surface area contributed by atoms with Crippen LogP contribution in [-0.2, 0) is 6.54 Å². The van der Waals surface area contributed by atoms with Gasteiger partial charge in [-0.1, -0.05) is 170 Å². The lowest BCUT2D eigenvalue weighted by atomic mass is 9.96. The van der Waals surface area contributed by atoms with E-state index in [-0.39, 0.29) is 6.04 Å². The number of thiophene rings is 1. The van der Waals surface area contributed by atoms with Crippen LogP contribution in [0.25, 0.3) is 96.2 Å². The Labute approximate surface area is 345 Å². The summed E-state index contributed by atoms with van der Waals surface area (Å²) < 4.78 is 5.25. The van der Waals surface area contributed by atoms with Crippen LogP contribution < -0.4 is 5.32 Å². The molecule has 0 radical (unpaired) electrons. The minimum absolute atomic E-state index is 0.152. The third kappa shape index (κ3) is 5.23. The van der Waals surface area contributed by atoms with Gasteiger partial charge in [0.25, 0.3) is 0 Å². The Morgan fingerprint density at radius 1 is 0.508 bits per heavy atom. The van der Waals surface area contributed by atoms with Gasteiger partial charge in [0.15, 0.2) is 0 Å². The fraction of sp³-hybridized carbons (Fsp3) is 0.0364. The first-order valence-corrected chi connectivity index (χ1v) is 21.0. The Bertz CT molecular complexity index is 3650. The fourth-order valence-electron chi connectivity index (χ4n) is 9.73. The number of nitrogens with zero attached hydrogens (tertiary/aromatic N) is 2. The maximum atomic E-state index is 4.76. The maximum absolute atomic E-state index is 4.76. The van der Waals surface area contributed by atoms with Crippen molar-refractivity contribution >= 4 is 114 Å². The zero-order valence-electron chi connectivity index (χ0n) is 32.2. The molecular formula is C55H37N3S. The second-order valence-corrected chi connectivity index (χ2v) is 16.6. The third-order valence-electron chi connectivity index (χ3n) is 12.4. The molecule has 0 bridgehead atoms. The van der Waals surface area contributed by atoms with Gasteiger partial charge in [0.05, 0.1) is 22.9 Å². The van der Waals surface area contributed by atoms with E-state index >= 15 is 0 Å². The molecular weight excluding hydrogens is 735 g/mol. The van der Waals surface area contributed by atoms with Gasteiger partial charge in [-0.05, 0) is 68.5 Å². The van der Waals surface area contributed by atoms with Crippen LogP contribution in [0.1, 0.15) is 11.6 Å². The highest BCUT2D eigenvalue weighted by Crippen LogP contribution is 2.48. The van der Waals surface area contributed by atoms with Crippen molar-refractivity contribution in [3.05, 3.63) is 194 Å². The Morgan fingerprint density at radius 3 is 1.92 bits per heavy atom. The Morgan fingerprint density at radius 2 is 1.14 bits per heavy atom. The van der Waals surface area contributed by atoms with E-state index in [1.807, 2.05) is 11.3 Å². The second-order valence-electron chi connectivity index (χ2n) is 15.6. The molecule has 0 aliphatic heterocycles. The van der Waals surface area contributed by atoms with Crippen LogP contribution in [0.15, 0.2) is 193 Å². The molecule has 0 fully saturated rings. The number of benzene rings is 10. The van der Waals surface area contributed by atoms with Crippen LogP contribution in [0, 0.1) is 0 Å². The molecule has 4 heteroatoms. The van der Waals surface area contributed by atoms with Crippen molar-refractivity contribution in [2.75, 3.05) is 5.32 Å². The number of aromatic nitrogens is 1. The van der Waals surface area contributed by atoms with Gasteiger partial charge in [-0.15, -0.1) is 11.3 Å². The number of rotatable bonds is 7. The van der Waals surface area contributed by atoms with Crippen molar-refractivity contribution in [3.8, 4) is 11.1 Å². The number of hydrogen-bond acceptors (Lipinski definition) is 3. The van der Waals surface area contributed by atoms with E-state index in [1.54, 1.807) is 0 Å². The number of fused-ring (bicyclic) bond motifs is 14. The van der Waals surface area contributed by atoms with Gasteiger partial charge in [0.1, 0.15) is 0 Å². The number of anilines is 1. The van der Waals surface area contributed by atoms with Gasteiger partial charge in [-0.3, -0.25) is 4.99 Å². The number of aliphatic imine (C=N–C) groups is 1. The summed E-state index contributed by atoms with van der Waals surface area (Å²) in [4.78, 5) is 4.76. The Balaban J connectivity index is 1.15. The molecule has 10 aromatic carbocycles. The highest BCUT2D eigenvalue weighted by Gasteiger charge is 2.24. The van der Waals surface area contributed by atoms with E-state index in [0.29, 0.717) is 6.54 Å². The van der Waals surface area contributed by atoms with E-state index in [9.17, 15) is 0 Å². The molecule has 1 atom stereocenters. The SMILES string of the molecule is C=Nc1c(NC(Cn2c3ccc4sc5c6ccccc6ccc5c4c3c3ccc4ccccc4c32)c2cccc(-c3ccccc3)c2)c2ccccc2c2ccccc12. The summed E-state index contributed by atoms with van der Waals surface area (Å²) >= 11 is 1.91. The van der Waals surface area contributed by atoms with Crippen LogP contribution in [0.5, 0.6) is 0 Å². The molecule has 0 aliphatic rings. The van der Waals surface area contributed by atoms with Gasteiger partial charge in [0.2, 0.25) is 0 Å². The zero-order chi connectivity index (χ0) is 39.0. The summed E-state index contributed by atoms with van der Waals surface area (Å²) in [6.45, 7) is 4.81. The van der Waals surface area contributed by atoms with Gasteiger partial charge in [-0.25, -0.2) is 0 Å². The lowest BCUT2D eigenvalue weighted by molar-refractivity contribution is 0.641. The molecule has 12 aromatic rings.